The molecule has 0 aliphatic heterocycles. The van der Waals surface area contributed by atoms with E-state index in [1.165, 1.54) is 0 Å². The van der Waals surface area contributed by atoms with Crippen molar-refractivity contribution in [2.45, 2.75) is 19.5 Å². The molecule has 0 amide bonds. The number of rotatable bonds is 6. The van der Waals surface area contributed by atoms with E-state index in [1.807, 2.05) is 31.2 Å². The highest BCUT2D eigenvalue weighted by Gasteiger charge is 2.03. The molecule has 0 saturated carbocycles. The highest BCUT2D eigenvalue weighted by Crippen LogP contribution is 2.17. The maximum Gasteiger partial charge on any atom is 0.189 e. The largest absolute Gasteiger partial charge is 0.496 e. The van der Waals surface area contributed by atoms with Crippen LogP contribution in [0.4, 0.5) is 0 Å². The number of nitrogens with one attached hydrogen (secondary N) is 1. The highest BCUT2D eigenvalue weighted by atomic mass is 127. The van der Waals surface area contributed by atoms with Crippen LogP contribution in [0.5, 0.6) is 5.75 Å². The van der Waals surface area contributed by atoms with Gasteiger partial charge in [-0.3, -0.25) is 0 Å². The summed E-state index contributed by atoms with van der Waals surface area (Å²) in [6.45, 7) is 3.06. The number of guanidine groups is 1. The van der Waals surface area contributed by atoms with Crippen molar-refractivity contribution in [1.82, 2.24) is 5.32 Å². The topological polar surface area (TPSA) is 68.9 Å². The van der Waals surface area contributed by atoms with E-state index < -0.39 is 0 Å². The van der Waals surface area contributed by atoms with Gasteiger partial charge in [-0.2, -0.15) is 0 Å². The van der Waals surface area contributed by atoms with Crippen molar-refractivity contribution in [2.24, 2.45) is 10.7 Å². The summed E-state index contributed by atoms with van der Waals surface area (Å²) >= 11 is 0. The Hall–Kier alpha value is -1.02. The normalized spacial score (nSPS) is 12.5. The molecule has 1 aromatic rings. The molecule has 0 aliphatic rings. The van der Waals surface area contributed by atoms with Crippen molar-refractivity contribution in [2.75, 3.05) is 20.8 Å². The Labute approximate surface area is 131 Å². The Morgan fingerprint density at radius 2 is 2.05 bits per heavy atom. The van der Waals surface area contributed by atoms with Gasteiger partial charge in [-0.1, -0.05) is 18.2 Å². The summed E-state index contributed by atoms with van der Waals surface area (Å²) in [5.41, 5.74) is 6.79. The second-order valence-corrected chi connectivity index (χ2v) is 4.01. The van der Waals surface area contributed by atoms with E-state index in [1.54, 1.807) is 14.2 Å². The average Bonchev–Trinajstić information content (AvgIpc) is 2.37. The van der Waals surface area contributed by atoms with Gasteiger partial charge < -0.3 is 20.5 Å². The zero-order valence-corrected chi connectivity index (χ0v) is 13.9. The maximum atomic E-state index is 5.79. The van der Waals surface area contributed by atoms with Crippen LogP contribution in [0, 0.1) is 0 Å². The van der Waals surface area contributed by atoms with Crippen LogP contribution < -0.4 is 15.8 Å². The van der Waals surface area contributed by atoms with Crippen molar-refractivity contribution < 1.29 is 9.47 Å². The fraction of sp³-hybridized carbons (Fsp3) is 0.462. The average molecular weight is 379 g/mol. The molecular formula is C13H22IN3O2. The molecule has 1 rings (SSSR count). The molecule has 108 valence electrons. The zero-order valence-electron chi connectivity index (χ0n) is 11.6. The van der Waals surface area contributed by atoms with Crippen LogP contribution in [0.2, 0.25) is 0 Å². The molecule has 3 N–H and O–H groups in total. The SMILES string of the molecule is COCC(C)NC(N)=NCc1ccccc1OC.I. The van der Waals surface area contributed by atoms with Gasteiger partial charge in [0, 0.05) is 18.7 Å². The fourth-order valence-corrected chi connectivity index (χ4v) is 1.59. The van der Waals surface area contributed by atoms with Crippen LogP contribution in [0.25, 0.3) is 0 Å². The highest BCUT2D eigenvalue weighted by molar-refractivity contribution is 14.0. The van der Waals surface area contributed by atoms with Gasteiger partial charge in [-0.05, 0) is 13.0 Å². The third kappa shape index (κ3) is 6.63. The third-order valence-corrected chi connectivity index (χ3v) is 2.42. The summed E-state index contributed by atoms with van der Waals surface area (Å²) in [6, 6.07) is 7.88. The molecular weight excluding hydrogens is 357 g/mol. The minimum Gasteiger partial charge on any atom is -0.496 e. The smallest absolute Gasteiger partial charge is 0.189 e. The molecule has 1 aromatic carbocycles. The molecule has 0 aromatic heterocycles. The minimum absolute atomic E-state index is 0. The van der Waals surface area contributed by atoms with E-state index in [-0.39, 0.29) is 30.0 Å². The lowest BCUT2D eigenvalue weighted by molar-refractivity contribution is 0.179. The Bertz CT molecular complexity index is 399. The van der Waals surface area contributed by atoms with E-state index in [9.17, 15) is 0 Å². The quantitative estimate of drug-likeness (QED) is 0.449. The molecule has 0 radical (unpaired) electrons. The number of para-hydroxylation sites is 1. The lowest BCUT2D eigenvalue weighted by Crippen LogP contribution is -2.40. The van der Waals surface area contributed by atoms with Gasteiger partial charge in [-0.25, -0.2) is 4.99 Å². The molecule has 0 heterocycles. The monoisotopic (exact) mass is 379 g/mol. The van der Waals surface area contributed by atoms with Gasteiger partial charge in [0.1, 0.15) is 5.75 Å². The van der Waals surface area contributed by atoms with Crippen LogP contribution in [-0.4, -0.2) is 32.8 Å². The van der Waals surface area contributed by atoms with Crippen molar-refractivity contribution >= 4 is 29.9 Å². The van der Waals surface area contributed by atoms with E-state index in [0.29, 0.717) is 19.1 Å². The number of hydrogen-bond donors (Lipinski definition) is 2. The second kappa shape index (κ2) is 9.85. The standard InChI is InChI=1S/C13H21N3O2.HI/c1-10(9-17-2)16-13(14)15-8-11-6-4-5-7-12(11)18-3;/h4-7,10H,8-9H2,1-3H3,(H3,14,15,16);1H. The van der Waals surface area contributed by atoms with Crippen LogP contribution >= 0.6 is 24.0 Å². The molecule has 0 fully saturated rings. The van der Waals surface area contributed by atoms with Gasteiger partial charge >= 0.3 is 0 Å². The first-order valence-corrected chi connectivity index (χ1v) is 5.84. The molecule has 1 atom stereocenters. The Balaban J connectivity index is 0.00000324. The van der Waals surface area contributed by atoms with Crippen molar-refractivity contribution in [3.8, 4) is 5.75 Å². The van der Waals surface area contributed by atoms with Crippen molar-refractivity contribution in [3.63, 3.8) is 0 Å². The van der Waals surface area contributed by atoms with Crippen LogP contribution in [-0.2, 0) is 11.3 Å². The van der Waals surface area contributed by atoms with Gasteiger partial charge in [-0.15, -0.1) is 24.0 Å². The van der Waals surface area contributed by atoms with Gasteiger partial charge in [0.15, 0.2) is 5.96 Å². The summed E-state index contributed by atoms with van der Waals surface area (Å²) in [6.07, 6.45) is 0. The second-order valence-electron chi connectivity index (χ2n) is 4.01. The number of hydrogen-bond acceptors (Lipinski definition) is 3. The predicted molar refractivity (Wildman–Crippen MR) is 88.2 cm³/mol. The fourth-order valence-electron chi connectivity index (χ4n) is 1.59. The molecule has 5 nitrogen and oxygen atoms in total. The molecule has 0 bridgehead atoms. The number of nitrogens with zero attached hydrogens (tertiary/aromatic N) is 1. The van der Waals surface area contributed by atoms with E-state index in [2.05, 4.69) is 10.3 Å². The third-order valence-electron chi connectivity index (χ3n) is 2.42. The van der Waals surface area contributed by atoms with Crippen molar-refractivity contribution in [1.29, 1.82) is 0 Å². The minimum atomic E-state index is 0. The molecule has 1 unspecified atom stereocenters. The maximum absolute atomic E-state index is 5.79. The summed E-state index contributed by atoms with van der Waals surface area (Å²) in [4.78, 5) is 4.27. The van der Waals surface area contributed by atoms with Crippen LogP contribution in [0.15, 0.2) is 29.3 Å². The summed E-state index contributed by atoms with van der Waals surface area (Å²) < 4.78 is 10.3. The summed E-state index contributed by atoms with van der Waals surface area (Å²) in [5, 5.41) is 3.05. The van der Waals surface area contributed by atoms with E-state index in [0.717, 1.165) is 11.3 Å². The molecule has 0 saturated heterocycles. The molecule has 19 heavy (non-hydrogen) atoms. The Kier molecular flexibility index (Phi) is 9.32. The number of aliphatic imine (C=N–C) groups is 1. The van der Waals surface area contributed by atoms with Crippen LogP contribution in [0.1, 0.15) is 12.5 Å². The van der Waals surface area contributed by atoms with Gasteiger partial charge in [0.2, 0.25) is 0 Å². The van der Waals surface area contributed by atoms with Gasteiger partial charge in [0.05, 0.1) is 20.3 Å². The van der Waals surface area contributed by atoms with Gasteiger partial charge in [0.25, 0.3) is 0 Å². The first-order valence-electron chi connectivity index (χ1n) is 5.84. The lowest BCUT2D eigenvalue weighted by Gasteiger charge is -2.13. The molecule has 0 aliphatic carbocycles. The summed E-state index contributed by atoms with van der Waals surface area (Å²) in [7, 11) is 3.30. The van der Waals surface area contributed by atoms with E-state index >= 15 is 0 Å². The first-order chi connectivity index (χ1) is 8.67. The van der Waals surface area contributed by atoms with E-state index in [4.69, 9.17) is 15.2 Å². The lowest BCUT2D eigenvalue weighted by atomic mass is 10.2. The zero-order chi connectivity index (χ0) is 13.4. The van der Waals surface area contributed by atoms with Crippen molar-refractivity contribution in [3.05, 3.63) is 29.8 Å². The molecule has 6 heteroatoms. The number of ether oxygens (including phenoxy) is 2. The van der Waals surface area contributed by atoms with Crippen LogP contribution in [0.3, 0.4) is 0 Å². The molecule has 0 spiro atoms. The predicted octanol–water partition coefficient (Wildman–Crippen LogP) is 1.75. The Morgan fingerprint density at radius 1 is 1.37 bits per heavy atom. The first kappa shape index (κ1) is 18.0. The number of methoxy groups -OCH3 is 2. The summed E-state index contributed by atoms with van der Waals surface area (Å²) in [5.74, 6) is 1.23. The Morgan fingerprint density at radius 3 is 2.68 bits per heavy atom. The number of nitrogens with two attached hydrogens (primary N) is 1. The number of benzene rings is 1. The number of halogens is 1.